The molecule has 2 heterocycles. The number of hydrogen-bond acceptors (Lipinski definition) is 6. The summed E-state index contributed by atoms with van der Waals surface area (Å²) in [4.78, 5) is 34.6. The van der Waals surface area contributed by atoms with Gasteiger partial charge in [0.1, 0.15) is 17.3 Å². The predicted molar refractivity (Wildman–Crippen MR) is 136 cm³/mol. The van der Waals surface area contributed by atoms with Gasteiger partial charge >= 0.3 is 0 Å². The highest BCUT2D eigenvalue weighted by molar-refractivity contribution is 8.15. The lowest BCUT2D eigenvalue weighted by Crippen LogP contribution is -2.45. The van der Waals surface area contributed by atoms with Crippen molar-refractivity contribution in [2.45, 2.75) is 25.5 Å². The maximum Gasteiger partial charge on any atom is 0.283 e. The Kier molecular flexibility index (Phi) is 8.20. The Morgan fingerprint density at radius 2 is 1.83 bits per heavy atom. The smallest absolute Gasteiger partial charge is 0.283 e. The fraction of sp³-hybridized carbons (Fsp3) is 0.346. The molecule has 0 bridgehead atoms. The Morgan fingerprint density at radius 1 is 1.14 bits per heavy atom. The van der Waals surface area contributed by atoms with E-state index in [1.165, 1.54) is 28.8 Å². The van der Waals surface area contributed by atoms with Crippen LogP contribution in [0.3, 0.4) is 0 Å². The summed E-state index contributed by atoms with van der Waals surface area (Å²) in [7, 11) is 0. The number of amidine groups is 1. The molecule has 2 aromatic carbocycles. The van der Waals surface area contributed by atoms with Gasteiger partial charge in [-0.15, -0.1) is 0 Å². The number of benzene rings is 2. The highest BCUT2D eigenvalue weighted by Crippen LogP contribution is 2.33. The van der Waals surface area contributed by atoms with Crippen LogP contribution in [0.15, 0.2) is 59.2 Å². The Hall–Kier alpha value is -3.17. The van der Waals surface area contributed by atoms with Gasteiger partial charge in [0, 0.05) is 13.1 Å². The van der Waals surface area contributed by atoms with E-state index < -0.39 is 5.25 Å². The summed E-state index contributed by atoms with van der Waals surface area (Å²) in [6, 6.07) is 13.0. The molecule has 2 aromatic rings. The van der Waals surface area contributed by atoms with Crippen molar-refractivity contribution in [3.05, 3.63) is 65.6 Å². The zero-order valence-electron chi connectivity index (χ0n) is 19.8. The summed E-state index contributed by atoms with van der Waals surface area (Å²) in [6.07, 6.45) is 2.21. The van der Waals surface area contributed by atoms with E-state index in [1.54, 1.807) is 47.4 Å². The fourth-order valence-corrected chi connectivity index (χ4v) is 4.92. The van der Waals surface area contributed by atoms with Crippen molar-refractivity contribution < 1.29 is 23.5 Å². The van der Waals surface area contributed by atoms with Crippen LogP contribution >= 0.6 is 11.8 Å². The number of nitrogens with zero attached hydrogens (tertiary/aromatic N) is 3. The molecule has 0 unspecified atom stereocenters. The number of halogens is 1. The minimum absolute atomic E-state index is 0.0126. The van der Waals surface area contributed by atoms with Crippen LogP contribution in [0.2, 0.25) is 0 Å². The Labute approximate surface area is 208 Å². The van der Waals surface area contributed by atoms with Gasteiger partial charge < -0.3 is 14.4 Å². The monoisotopic (exact) mass is 497 g/mol. The third-order valence-corrected chi connectivity index (χ3v) is 6.93. The number of amides is 2. The second-order valence-electron chi connectivity index (χ2n) is 8.00. The molecule has 2 aliphatic rings. The summed E-state index contributed by atoms with van der Waals surface area (Å²) in [6.45, 7) is 6.55. The molecule has 7 nitrogen and oxygen atoms in total. The first kappa shape index (κ1) is 24.9. The molecule has 0 aromatic heterocycles. The topological polar surface area (TPSA) is 71.4 Å². The number of carbonyl (C=O) groups is 2. The average molecular weight is 498 g/mol. The normalized spacial score (nSPS) is 18.1. The third kappa shape index (κ3) is 5.91. The molecule has 1 atom stereocenters. The number of carbonyl (C=O) groups excluding carboxylic acids is 2. The van der Waals surface area contributed by atoms with E-state index in [0.717, 1.165) is 0 Å². The number of rotatable bonds is 7. The first-order valence-electron chi connectivity index (χ1n) is 11.7. The Balaban J connectivity index is 1.64. The van der Waals surface area contributed by atoms with Crippen LogP contribution in [0.25, 0.3) is 6.08 Å². The van der Waals surface area contributed by atoms with Crippen LogP contribution in [-0.4, -0.2) is 60.0 Å². The van der Waals surface area contributed by atoms with Gasteiger partial charge in [-0.05, 0) is 61.4 Å². The summed E-state index contributed by atoms with van der Waals surface area (Å²) in [5, 5.41) is 0.0380. The zero-order valence-corrected chi connectivity index (χ0v) is 20.6. The number of aliphatic imine (C=N–C) groups is 1. The van der Waals surface area contributed by atoms with Gasteiger partial charge in [0.05, 0.1) is 30.8 Å². The van der Waals surface area contributed by atoms with Crippen molar-refractivity contribution in [3.63, 3.8) is 0 Å². The number of hydrogen-bond donors (Lipinski definition) is 0. The van der Waals surface area contributed by atoms with Crippen LogP contribution in [0.5, 0.6) is 5.75 Å². The quantitative estimate of drug-likeness (QED) is 0.533. The molecule has 0 N–H and O–H groups in total. The lowest BCUT2D eigenvalue weighted by atomic mass is 10.2. The molecule has 0 aliphatic carbocycles. The SMILES string of the molecule is CCOc1ccc(N2C(=O)/C(=C/c3ccc(F)cc3)N=C2S[C@H](CC)C(=O)N2CCOCC2)cc1. The molecule has 1 saturated heterocycles. The molecule has 4 rings (SSSR count). The van der Waals surface area contributed by atoms with Gasteiger partial charge in [-0.25, -0.2) is 9.38 Å². The molecule has 1 fully saturated rings. The maximum atomic E-state index is 13.5. The van der Waals surface area contributed by atoms with Crippen molar-refractivity contribution >= 4 is 40.5 Å². The molecule has 0 spiro atoms. The first-order valence-corrected chi connectivity index (χ1v) is 12.5. The van der Waals surface area contributed by atoms with Gasteiger partial charge in [0.15, 0.2) is 5.17 Å². The lowest BCUT2D eigenvalue weighted by Gasteiger charge is -2.30. The number of anilines is 1. The van der Waals surface area contributed by atoms with Crippen molar-refractivity contribution in [2.24, 2.45) is 4.99 Å². The summed E-state index contributed by atoms with van der Waals surface area (Å²) in [5.74, 6) is 0.0475. The maximum absolute atomic E-state index is 13.5. The van der Waals surface area contributed by atoms with Crippen LogP contribution in [0.4, 0.5) is 10.1 Å². The molecule has 184 valence electrons. The van der Waals surface area contributed by atoms with Gasteiger partial charge in [-0.2, -0.15) is 0 Å². The number of ether oxygens (including phenoxy) is 2. The number of morpholine rings is 1. The predicted octanol–water partition coefficient (Wildman–Crippen LogP) is 4.34. The third-order valence-electron chi connectivity index (χ3n) is 5.63. The van der Waals surface area contributed by atoms with Crippen molar-refractivity contribution in [1.29, 1.82) is 0 Å². The molecule has 2 amide bonds. The molecule has 9 heteroatoms. The second kappa shape index (κ2) is 11.5. The Bertz CT molecular complexity index is 1110. The highest BCUT2D eigenvalue weighted by Gasteiger charge is 2.36. The lowest BCUT2D eigenvalue weighted by molar-refractivity contribution is -0.134. The van der Waals surface area contributed by atoms with Gasteiger partial charge in [-0.3, -0.25) is 14.5 Å². The van der Waals surface area contributed by atoms with E-state index in [-0.39, 0.29) is 23.3 Å². The van der Waals surface area contributed by atoms with Crippen molar-refractivity contribution in [2.75, 3.05) is 37.8 Å². The minimum atomic E-state index is -0.394. The van der Waals surface area contributed by atoms with Crippen molar-refractivity contribution in [3.8, 4) is 5.75 Å². The minimum Gasteiger partial charge on any atom is -0.494 e. The van der Waals surface area contributed by atoms with Crippen LogP contribution in [0.1, 0.15) is 25.8 Å². The molecular formula is C26H28FN3O4S. The standard InChI is InChI=1S/C26H28FN3O4S/c1-3-23(25(32)29-13-15-33-16-14-29)35-26-28-22(17-18-5-7-19(27)8-6-18)24(31)30(26)20-9-11-21(12-10-20)34-4-2/h5-12,17,23H,3-4,13-16H2,1-2H3/b22-17-/t23-/m1/s1. The van der Waals surface area contributed by atoms with Gasteiger partial charge in [-0.1, -0.05) is 30.8 Å². The van der Waals surface area contributed by atoms with E-state index in [4.69, 9.17) is 9.47 Å². The summed E-state index contributed by atoms with van der Waals surface area (Å²) >= 11 is 1.28. The summed E-state index contributed by atoms with van der Waals surface area (Å²) in [5.41, 5.74) is 1.51. The molecular weight excluding hydrogens is 469 g/mol. The van der Waals surface area contributed by atoms with Crippen LogP contribution in [-0.2, 0) is 14.3 Å². The summed E-state index contributed by atoms with van der Waals surface area (Å²) < 4.78 is 24.2. The highest BCUT2D eigenvalue weighted by atomic mass is 32.2. The van der Waals surface area contributed by atoms with Gasteiger partial charge in [0.2, 0.25) is 5.91 Å². The van der Waals surface area contributed by atoms with E-state index >= 15 is 0 Å². The van der Waals surface area contributed by atoms with E-state index in [1.807, 2.05) is 13.8 Å². The van der Waals surface area contributed by atoms with Crippen LogP contribution < -0.4 is 9.64 Å². The van der Waals surface area contributed by atoms with E-state index in [0.29, 0.717) is 61.5 Å². The first-order chi connectivity index (χ1) is 17.0. The Morgan fingerprint density at radius 3 is 2.46 bits per heavy atom. The number of thioether (sulfide) groups is 1. The average Bonchev–Trinajstić information content (AvgIpc) is 3.19. The molecule has 2 aliphatic heterocycles. The molecule has 0 radical (unpaired) electrons. The van der Waals surface area contributed by atoms with E-state index in [9.17, 15) is 14.0 Å². The molecule has 35 heavy (non-hydrogen) atoms. The van der Waals surface area contributed by atoms with Gasteiger partial charge in [0.25, 0.3) is 5.91 Å². The van der Waals surface area contributed by atoms with Crippen molar-refractivity contribution in [1.82, 2.24) is 4.90 Å². The van der Waals surface area contributed by atoms with E-state index in [2.05, 4.69) is 4.99 Å². The van der Waals surface area contributed by atoms with Crippen LogP contribution in [0, 0.1) is 5.82 Å². The fourth-order valence-electron chi connectivity index (χ4n) is 3.80. The molecule has 0 saturated carbocycles. The largest absolute Gasteiger partial charge is 0.494 e. The second-order valence-corrected chi connectivity index (χ2v) is 9.17. The zero-order chi connectivity index (χ0) is 24.8.